The Bertz CT molecular complexity index is 1250. The minimum Gasteiger partial charge on any atom is -0.489 e. The van der Waals surface area contributed by atoms with Gasteiger partial charge in [0, 0.05) is 12.4 Å². The van der Waals surface area contributed by atoms with E-state index >= 15 is 0 Å². The molecule has 1 N–H and O–H groups in total. The van der Waals surface area contributed by atoms with E-state index in [1.54, 1.807) is 30.3 Å². The molecule has 1 aliphatic rings. The highest BCUT2D eigenvalue weighted by atomic mass is 32.2. The van der Waals surface area contributed by atoms with Crippen molar-refractivity contribution in [1.29, 1.82) is 0 Å². The molecule has 3 aromatic rings. The van der Waals surface area contributed by atoms with Gasteiger partial charge in [0.25, 0.3) is 5.24 Å². The predicted molar refractivity (Wildman–Crippen MR) is 126 cm³/mol. The second-order valence-electron chi connectivity index (χ2n) is 7.79. The zero-order valence-corrected chi connectivity index (χ0v) is 19.8. The molecular formula is C25H19F3N2O6S. The molecule has 8 nitrogen and oxygen atoms in total. The highest BCUT2D eigenvalue weighted by Gasteiger charge is 2.32. The lowest BCUT2D eigenvalue weighted by molar-refractivity contribution is -0.274. The monoisotopic (exact) mass is 532 g/mol. The van der Waals surface area contributed by atoms with Gasteiger partial charge in [-0.2, -0.15) is 0 Å². The lowest BCUT2D eigenvalue weighted by Crippen LogP contribution is -2.25. The number of nitrogens with zero attached hydrogens (tertiary/aromatic N) is 1. The molecule has 0 saturated carbocycles. The molecular weight excluding hydrogens is 513 g/mol. The van der Waals surface area contributed by atoms with Gasteiger partial charge < -0.3 is 14.2 Å². The summed E-state index contributed by atoms with van der Waals surface area (Å²) in [5, 5.41) is 1.36. The number of carbonyl (C=O) groups excluding carboxylic acids is 3. The van der Waals surface area contributed by atoms with Gasteiger partial charge in [-0.3, -0.25) is 19.9 Å². The van der Waals surface area contributed by atoms with Crippen LogP contribution in [-0.2, 0) is 16.0 Å². The number of nitrogens with one attached hydrogen (secondary N) is 1. The second-order valence-corrected chi connectivity index (χ2v) is 8.97. The first kappa shape index (κ1) is 26.0. The zero-order chi connectivity index (χ0) is 26.4. The maximum absolute atomic E-state index is 12.6. The maximum atomic E-state index is 12.6. The Morgan fingerprint density at radius 1 is 1.03 bits per heavy atom. The largest absolute Gasteiger partial charge is 0.573 e. The van der Waals surface area contributed by atoms with E-state index in [0.717, 1.165) is 29.5 Å². The third-order valence-corrected chi connectivity index (χ3v) is 6.13. The Labute approximate surface area is 213 Å². The van der Waals surface area contributed by atoms with E-state index in [2.05, 4.69) is 15.0 Å². The first-order valence-electron chi connectivity index (χ1n) is 10.9. The summed E-state index contributed by atoms with van der Waals surface area (Å²) < 4.78 is 52.7. The van der Waals surface area contributed by atoms with Crippen LogP contribution in [0.5, 0.6) is 11.5 Å². The molecule has 12 heteroatoms. The van der Waals surface area contributed by atoms with Crippen molar-refractivity contribution in [3.8, 4) is 11.5 Å². The van der Waals surface area contributed by atoms with E-state index in [4.69, 9.17) is 9.47 Å². The minimum atomic E-state index is -4.83. The van der Waals surface area contributed by atoms with Crippen molar-refractivity contribution in [2.24, 2.45) is 0 Å². The number of thioether (sulfide) groups is 1. The molecule has 0 bridgehead atoms. The molecule has 4 rings (SSSR count). The first-order valence-corrected chi connectivity index (χ1v) is 11.7. The maximum Gasteiger partial charge on any atom is 0.573 e. The summed E-state index contributed by atoms with van der Waals surface area (Å²) in [7, 11) is 0. The van der Waals surface area contributed by atoms with Gasteiger partial charge >= 0.3 is 12.3 Å². The van der Waals surface area contributed by atoms with Crippen LogP contribution in [0.4, 0.5) is 18.0 Å². The van der Waals surface area contributed by atoms with Crippen LogP contribution >= 0.6 is 11.8 Å². The molecule has 2 heterocycles. The zero-order valence-electron chi connectivity index (χ0n) is 18.9. The summed E-state index contributed by atoms with van der Waals surface area (Å²) >= 11 is 0.937. The van der Waals surface area contributed by atoms with Crippen LogP contribution in [0.25, 0.3) is 0 Å². The van der Waals surface area contributed by atoms with Crippen molar-refractivity contribution in [2.75, 3.05) is 6.61 Å². The molecule has 1 unspecified atom stereocenters. The Hall–Kier alpha value is -4.06. The number of ether oxygens (including phenoxy) is 3. The van der Waals surface area contributed by atoms with Crippen LogP contribution < -0.4 is 14.8 Å². The van der Waals surface area contributed by atoms with Gasteiger partial charge in [-0.05, 0) is 53.9 Å². The third kappa shape index (κ3) is 7.46. The Morgan fingerprint density at radius 3 is 2.32 bits per heavy atom. The summed E-state index contributed by atoms with van der Waals surface area (Å²) in [6.45, 7) is -0.139. The fourth-order valence-electron chi connectivity index (χ4n) is 3.40. The number of pyridine rings is 1. The Morgan fingerprint density at radius 2 is 1.73 bits per heavy atom. The molecule has 1 aliphatic heterocycles. The Kier molecular flexibility index (Phi) is 7.97. The van der Waals surface area contributed by atoms with E-state index in [0.29, 0.717) is 17.7 Å². The fourth-order valence-corrected chi connectivity index (χ4v) is 4.26. The molecule has 37 heavy (non-hydrogen) atoms. The number of hydrogen-bond acceptors (Lipinski definition) is 8. The number of imide groups is 1. The SMILES string of the molecule is O=C1NC(=O)C(Cc2ccc(OC[C@@H](OC(=O)c3cccnc3)c3ccc(OC(F)(F)F)cc3)cc2)S1. The quantitative estimate of drug-likeness (QED) is 0.390. The van der Waals surface area contributed by atoms with Crippen molar-refractivity contribution >= 4 is 28.9 Å². The van der Waals surface area contributed by atoms with Gasteiger partial charge in [-0.25, -0.2) is 4.79 Å². The van der Waals surface area contributed by atoms with Crippen molar-refractivity contribution in [3.63, 3.8) is 0 Å². The molecule has 2 amide bonds. The molecule has 1 fully saturated rings. The molecule has 192 valence electrons. The van der Waals surface area contributed by atoms with Gasteiger partial charge in [-0.1, -0.05) is 36.0 Å². The van der Waals surface area contributed by atoms with E-state index in [1.807, 2.05) is 0 Å². The van der Waals surface area contributed by atoms with Crippen molar-refractivity contribution in [3.05, 3.63) is 89.7 Å². The van der Waals surface area contributed by atoms with Crippen LogP contribution in [0.15, 0.2) is 73.1 Å². The van der Waals surface area contributed by atoms with Gasteiger partial charge in [-0.15, -0.1) is 13.2 Å². The molecule has 2 atom stereocenters. The van der Waals surface area contributed by atoms with Crippen LogP contribution in [0.2, 0.25) is 0 Å². The fraction of sp³-hybridized carbons (Fsp3) is 0.200. The predicted octanol–water partition coefficient (Wildman–Crippen LogP) is 4.85. The van der Waals surface area contributed by atoms with E-state index in [1.165, 1.54) is 30.6 Å². The van der Waals surface area contributed by atoms with Crippen molar-refractivity contribution < 1.29 is 41.8 Å². The van der Waals surface area contributed by atoms with E-state index in [9.17, 15) is 27.6 Å². The number of benzene rings is 2. The minimum absolute atomic E-state index is 0.139. The number of esters is 1. The molecule has 1 aromatic heterocycles. The number of carbonyl (C=O) groups is 3. The normalized spacial score (nSPS) is 16.1. The summed E-state index contributed by atoms with van der Waals surface area (Å²) in [6, 6.07) is 14.8. The van der Waals surface area contributed by atoms with Crippen LogP contribution in [-0.4, -0.2) is 40.3 Å². The topological polar surface area (TPSA) is 104 Å². The number of aromatic nitrogens is 1. The average Bonchev–Trinajstić information content (AvgIpc) is 3.18. The summed E-state index contributed by atoms with van der Waals surface area (Å²) in [5.41, 5.74) is 1.40. The average molecular weight is 532 g/mol. The number of amides is 2. The number of hydrogen-bond donors (Lipinski definition) is 1. The summed E-state index contributed by atoms with van der Waals surface area (Å²) in [4.78, 5) is 39.6. The van der Waals surface area contributed by atoms with Gasteiger partial charge in [0.1, 0.15) is 18.1 Å². The summed E-state index contributed by atoms with van der Waals surface area (Å²) in [5.74, 6) is -1.00. The van der Waals surface area contributed by atoms with Gasteiger partial charge in [0.05, 0.1) is 10.8 Å². The number of halogens is 3. The second kappa shape index (κ2) is 11.3. The first-order chi connectivity index (χ1) is 17.7. The van der Waals surface area contributed by atoms with Crippen molar-refractivity contribution in [1.82, 2.24) is 10.3 Å². The molecule has 0 radical (unpaired) electrons. The van der Waals surface area contributed by atoms with E-state index < -0.39 is 29.4 Å². The highest BCUT2D eigenvalue weighted by molar-refractivity contribution is 8.15. The van der Waals surface area contributed by atoms with Crippen LogP contribution in [0.1, 0.15) is 27.6 Å². The standard InChI is InChI=1S/C25H19F3N2O6S/c26-25(27,28)36-19-9-5-16(6-10-19)20(35-23(32)17-2-1-11-29-13-17)14-34-18-7-3-15(4-8-18)12-21-22(31)30-24(33)37-21/h1-11,13,20-21H,12,14H2,(H,30,31,33)/t20-,21?/m1/s1. The third-order valence-electron chi connectivity index (χ3n) is 5.14. The van der Waals surface area contributed by atoms with Gasteiger partial charge in [0.15, 0.2) is 6.10 Å². The molecule has 0 spiro atoms. The number of alkyl halides is 3. The lowest BCUT2D eigenvalue weighted by Gasteiger charge is -2.20. The van der Waals surface area contributed by atoms with Crippen LogP contribution in [0, 0.1) is 0 Å². The Balaban J connectivity index is 1.44. The summed E-state index contributed by atoms with van der Waals surface area (Å²) in [6.07, 6.45) is -2.61. The number of rotatable bonds is 9. The smallest absolute Gasteiger partial charge is 0.489 e. The van der Waals surface area contributed by atoms with Gasteiger partial charge in [0.2, 0.25) is 5.91 Å². The molecule has 1 saturated heterocycles. The molecule has 0 aliphatic carbocycles. The molecule has 2 aromatic carbocycles. The van der Waals surface area contributed by atoms with Crippen LogP contribution in [0.3, 0.4) is 0 Å². The highest BCUT2D eigenvalue weighted by Crippen LogP contribution is 2.28. The van der Waals surface area contributed by atoms with Crippen molar-refractivity contribution in [2.45, 2.75) is 24.1 Å². The van der Waals surface area contributed by atoms with E-state index in [-0.39, 0.29) is 23.3 Å². The lowest BCUT2D eigenvalue weighted by atomic mass is 10.1.